The van der Waals surface area contributed by atoms with Crippen molar-refractivity contribution in [1.82, 2.24) is 15.2 Å². The number of nitrogens with zero attached hydrogens (tertiary/aromatic N) is 2. The number of amides is 3. The number of pyridine rings is 1. The van der Waals surface area contributed by atoms with Gasteiger partial charge in [0.1, 0.15) is 11.6 Å². The minimum absolute atomic E-state index is 0.0194. The monoisotopic (exact) mass is 576 g/mol. The maximum absolute atomic E-state index is 14.0. The first-order valence-electron chi connectivity index (χ1n) is 16.0. The number of hydrogen-bond acceptors (Lipinski definition) is 5. The molecule has 3 fully saturated rings. The van der Waals surface area contributed by atoms with Gasteiger partial charge in [-0.25, -0.2) is 4.79 Å². The Morgan fingerprint density at radius 3 is 2.43 bits per heavy atom. The van der Waals surface area contributed by atoms with Crippen molar-refractivity contribution in [2.75, 3.05) is 11.9 Å². The van der Waals surface area contributed by atoms with Crippen molar-refractivity contribution in [2.24, 2.45) is 23.7 Å². The average molecular weight is 577 g/mol. The summed E-state index contributed by atoms with van der Waals surface area (Å²) in [6.45, 7) is 8.25. The SMILES string of the molecule is CC(NC(=O)OC(C)(C)C)[C@H]1CC[C@H](C(=O)N2CC[C@H](C3CCCCC3)[C@H]2C(=O)Nc2ccc3ncccc3c2)CC1. The molecule has 2 saturated carbocycles. The van der Waals surface area contributed by atoms with E-state index in [-0.39, 0.29) is 29.7 Å². The molecule has 0 spiro atoms. The number of ether oxygens (including phenoxy) is 1. The van der Waals surface area contributed by atoms with Crippen LogP contribution in [-0.4, -0.2) is 52.0 Å². The maximum Gasteiger partial charge on any atom is 0.407 e. The number of likely N-dealkylation sites (tertiary alicyclic amines) is 1. The van der Waals surface area contributed by atoms with Crippen molar-refractivity contribution < 1.29 is 19.1 Å². The minimum atomic E-state index is -0.534. The van der Waals surface area contributed by atoms with Crippen LogP contribution in [0.3, 0.4) is 0 Å². The van der Waals surface area contributed by atoms with Crippen molar-refractivity contribution >= 4 is 34.5 Å². The molecule has 42 heavy (non-hydrogen) atoms. The van der Waals surface area contributed by atoms with Crippen LogP contribution >= 0.6 is 0 Å². The lowest BCUT2D eigenvalue weighted by Crippen LogP contribution is -2.50. The summed E-state index contributed by atoms with van der Waals surface area (Å²) in [6, 6.07) is 9.23. The molecule has 1 unspecified atom stereocenters. The van der Waals surface area contributed by atoms with E-state index in [1.807, 2.05) is 62.9 Å². The second-order valence-electron chi connectivity index (χ2n) is 13.8. The van der Waals surface area contributed by atoms with Crippen LogP contribution in [0, 0.1) is 23.7 Å². The van der Waals surface area contributed by atoms with Gasteiger partial charge in [-0.2, -0.15) is 0 Å². The van der Waals surface area contributed by atoms with Gasteiger partial charge in [0, 0.05) is 35.8 Å². The van der Waals surface area contributed by atoms with E-state index in [9.17, 15) is 14.4 Å². The Labute approximate surface area is 250 Å². The summed E-state index contributed by atoms with van der Waals surface area (Å²) in [7, 11) is 0. The first-order chi connectivity index (χ1) is 20.1. The first-order valence-corrected chi connectivity index (χ1v) is 16.0. The minimum Gasteiger partial charge on any atom is -0.444 e. The molecule has 2 aromatic rings. The Bertz CT molecular complexity index is 1260. The van der Waals surface area contributed by atoms with Gasteiger partial charge in [-0.15, -0.1) is 0 Å². The average Bonchev–Trinajstić information content (AvgIpc) is 3.42. The van der Waals surface area contributed by atoms with Gasteiger partial charge in [0.15, 0.2) is 0 Å². The van der Waals surface area contributed by atoms with Crippen molar-refractivity contribution in [3.63, 3.8) is 0 Å². The van der Waals surface area contributed by atoms with Crippen LogP contribution in [-0.2, 0) is 14.3 Å². The van der Waals surface area contributed by atoms with Gasteiger partial charge >= 0.3 is 6.09 Å². The molecule has 1 aromatic heterocycles. The summed E-state index contributed by atoms with van der Waals surface area (Å²) in [4.78, 5) is 46.6. The predicted octanol–water partition coefficient (Wildman–Crippen LogP) is 6.69. The van der Waals surface area contributed by atoms with Crippen molar-refractivity contribution in [3.05, 3.63) is 36.5 Å². The quantitative estimate of drug-likeness (QED) is 0.399. The number of carbonyl (C=O) groups excluding carboxylic acids is 3. The van der Waals surface area contributed by atoms with E-state index in [0.717, 1.165) is 61.5 Å². The third-order valence-corrected chi connectivity index (χ3v) is 9.69. The Morgan fingerprint density at radius 1 is 0.976 bits per heavy atom. The molecule has 1 aromatic carbocycles. The third kappa shape index (κ3) is 7.24. The number of anilines is 1. The molecule has 2 aliphatic carbocycles. The van der Waals surface area contributed by atoms with Gasteiger partial charge < -0.3 is 20.3 Å². The summed E-state index contributed by atoms with van der Waals surface area (Å²) in [6.07, 6.45) is 11.5. The normalized spacial score (nSPS) is 26.0. The highest BCUT2D eigenvalue weighted by molar-refractivity contribution is 5.99. The van der Waals surface area contributed by atoms with Crippen molar-refractivity contribution in [3.8, 4) is 0 Å². The lowest BCUT2D eigenvalue weighted by atomic mass is 9.76. The zero-order valence-electron chi connectivity index (χ0n) is 25.7. The highest BCUT2D eigenvalue weighted by atomic mass is 16.6. The highest BCUT2D eigenvalue weighted by Crippen LogP contribution is 2.41. The molecule has 0 bridgehead atoms. The van der Waals surface area contributed by atoms with Crippen LogP contribution < -0.4 is 10.6 Å². The van der Waals surface area contributed by atoms with Crippen LogP contribution in [0.25, 0.3) is 10.9 Å². The van der Waals surface area contributed by atoms with E-state index >= 15 is 0 Å². The van der Waals surface area contributed by atoms with Crippen molar-refractivity contribution in [1.29, 1.82) is 0 Å². The van der Waals surface area contributed by atoms with Crippen LogP contribution in [0.2, 0.25) is 0 Å². The number of benzene rings is 1. The zero-order valence-corrected chi connectivity index (χ0v) is 25.7. The molecule has 228 valence electrons. The zero-order chi connectivity index (χ0) is 29.9. The lowest BCUT2D eigenvalue weighted by molar-refractivity contribution is -0.142. The molecule has 8 heteroatoms. The highest BCUT2D eigenvalue weighted by Gasteiger charge is 2.47. The number of carbonyl (C=O) groups is 3. The summed E-state index contributed by atoms with van der Waals surface area (Å²) in [5, 5.41) is 7.14. The Kier molecular flexibility index (Phi) is 9.38. The summed E-state index contributed by atoms with van der Waals surface area (Å²) in [5.41, 5.74) is 1.10. The second kappa shape index (κ2) is 13.0. The summed E-state index contributed by atoms with van der Waals surface area (Å²) in [5.74, 6) is 0.971. The smallest absolute Gasteiger partial charge is 0.407 e. The lowest BCUT2D eigenvalue weighted by Gasteiger charge is -2.37. The third-order valence-electron chi connectivity index (χ3n) is 9.69. The van der Waals surface area contributed by atoms with Gasteiger partial charge in [0.25, 0.3) is 0 Å². The Morgan fingerprint density at radius 2 is 1.71 bits per heavy atom. The molecular weight excluding hydrogens is 528 g/mol. The largest absolute Gasteiger partial charge is 0.444 e. The first kappa shape index (κ1) is 30.3. The molecule has 2 N–H and O–H groups in total. The van der Waals surface area contributed by atoms with E-state index in [2.05, 4.69) is 15.6 Å². The molecule has 1 aliphatic heterocycles. The van der Waals surface area contributed by atoms with Crippen LogP contribution in [0.5, 0.6) is 0 Å². The number of nitrogens with one attached hydrogen (secondary N) is 2. The molecule has 2 heterocycles. The van der Waals surface area contributed by atoms with Crippen LogP contribution in [0.4, 0.5) is 10.5 Å². The van der Waals surface area contributed by atoms with Crippen molar-refractivity contribution in [2.45, 2.75) is 110 Å². The number of fused-ring (bicyclic) bond motifs is 1. The fourth-order valence-electron chi connectivity index (χ4n) is 7.54. The molecule has 3 atom stereocenters. The van der Waals surface area contributed by atoms with Gasteiger partial charge in [0.05, 0.1) is 5.52 Å². The molecular formula is C34H48N4O4. The molecule has 3 amide bonds. The van der Waals surface area contributed by atoms with Gasteiger partial charge in [-0.1, -0.05) is 38.2 Å². The molecule has 5 rings (SSSR count). The molecule has 0 radical (unpaired) electrons. The fourth-order valence-corrected chi connectivity index (χ4v) is 7.54. The fraction of sp³-hybridized carbons (Fsp3) is 0.647. The molecule has 1 saturated heterocycles. The van der Waals surface area contributed by atoms with Crippen LogP contribution in [0.1, 0.15) is 91.9 Å². The second-order valence-corrected chi connectivity index (χ2v) is 13.8. The van der Waals surface area contributed by atoms with Gasteiger partial charge in [-0.3, -0.25) is 14.6 Å². The van der Waals surface area contributed by atoms with Gasteiger partial charge in [0.2, 0.25) is 11.8 Å². The van der Waals surface area contributed by atoms with Crippen LogP contribution in [0.15, 0.2) is 36.5 Å². The predicted molar refractivity (Wildman–Crippen MR) is 165 cm³/mol. The summed E-state index contributed by atoms with van der Waals surface area (Å²) < 4.78 is 5.43. The number of hydrogen-bond donors (Lipinski definition) is 2. The van der Waals surface area contributed by atoms with E-state index in [0.29, 0.717) is 18.4 Å². The Hall–Kier alpha value is -3.16. The number of rotatable bonds is 6. The molecule has 8 nitrogen and oxygen atoms in total. The maximum atomic E-state index is 14.0. The van der Waals surface area contributed by atoms with E-state index in [1.54, 1.807) is 6.20 Å². The van der Waals surface area contributed by atoms with Gasteiger partial charge in [-0.05, 0) is 102 Å². The van der Waals surface area contributed by atoms with E-state index in [1.165, 1.54) is 19.3 Å². The standard InChI is InChI=1S/C34H48N4O4/c1-22(36-33(41)42-34(2,3)4)23-12-14-25(15-13-23)32(40)38-20-18-28(24-9-6-5-7-10-24)30(38)31(39)37-27-16-17-29-26(21-27)11-8-19-35-29/h8,11,16-17,19,21-25,28,30H,5-7,9-10,12-15,18,20H2,1-4H3,(H,36,41)(H,37,39)/t22?,23-,25-,28-,30+/m1/s1. The number of aromatic nitrogens is 1. The van der Waals surface area contributed by atoms with E-state index in [4.69, 9.17) is 4.74 Å². The van der Waals surface area contributed by atoms with E-state index < -0.39 is 17.7 Å². The summed E-state index contributed by atoms with van der Waals surface area (Å²) >= 11 is 0. The topological polar surface area (TPSA) is 101 Å². The molecule has 3 aliphatic rings. The number of alkyl carbamates (subject to hydrolysis) is 1. The Balaban J connectivity index is 1.25.